The molecular weight excluding hydrogens is 561 g/mol. The van der Waals surface area contributed by atoms with Gasteiger partial charge in [-0.3, -0.25) is 0 Å². The second kappa shape index (κ2) is 10.4. The van der Waals surface area contributed by atoms with Crippen LogP contribution in [0.5, 0.6) is 0 Å². The number of halogens is 2. The van der Waals surface area contributed by atoms with Gasteiger partial charge in [-0.25, -0.2) is 23.9 Å². The van der Waals surface area contributed by atoms with Crippen molar-refractivity contribution in [2.45, 2.75) is 69.6 Å². The van der Waals surface area contributed by atoms with Crippen molar-refractivity contribution in [2.75, 3.05) is 5.73 Å². The zero-order chi connectivity index (χ0) is 28.2. The molecule has 40 heavy (non-hydrogen) atoms. The van der Waals surface area contributed by atoms with E-state index in [2.05, 4.69) is 34.0 Å². The van der Waals surface area contributed by atoms with Gasteiger partial charge >= 0.3 is 0 Å². The number of aromatic nitrogens is 3. The molecule has 6 rings (SSSR count). The van der Waals surface area contributed by atoms with Gasteiger partial charge in [0.05, 0.1) is 37.2 Å². The van der Waals surface area contributed by atoms with Gasteiger partial charge in [-0.15, -0.1) is 0 Å². The fraction of sp³-hybridized carbons (Fsp3) is 0.387. The minimum Gasteiger partial charge on any atom is -0.383 e. The molecule has 0 amide bonds. The van der Waals surface area contributed by atoms with Crippen molar-refractivity contribution in [3.8, 4) is 11.1 Å². The summed E-state index contributed by atoms with van der Waals surface area (Å²) < 4.78 is 16.4. The van der Waals surface area contributed by atoms with Crippen LogP contribution in [0.1, 0.15) is 75.4 Å². The molecule has 3 N–H and O–H groups in total. The highest BCUT2D eigenvalue weighted by Crippen LogP contribution is 2.56. The van der Waals surface area contributed by atoms with E-state index in [-0.39, 0.29) is 22.1 Å². The van der Waals surface area contributed by atoms with Crippen LogP contribution in [0.2, 0.25) is 10.0 Å². The van der Waals surface area contributed by atoms with Crippen LogP contribution in [0.15, 0.2) is 54.7 Å². The molecule has 2 aliphatic carbocycles. The maximum absolute atomic E-state index is 13.2. The van der Waals surface area contributed by atoms with Gasteiger partial charge in [-0.05, 0) is 81.5 Å². The molecule has 0 radical (unpaired) electrons. The zero-order valence-corrected chi connectivity index (χ0v) is 25.2. The second-order valence-corrected chi connectivity index (χ2v) is 14.9. The van der Waals surface area contributed by atoms with Crippen LogP contribution >= 0.6 is 23.2 Å². The number of nitrogens with one attached hydrogen (secondary N) is 1. The summed E-state index contributed by atoms with van der Waals surface area (Å²) in [6, 6.07) is 16.1. The molecule has 0 saturated heterocycles. The lowest BCUT2D eigenvalue weighted by Gasteiger charge is -2.42. The predicted octanol–water partition coefficient (Wildman–Crippen LogP) is 7.57. The fourth-order valence-electron chi connectivity index (χ4n) is 6.29. The van der Waals surface area contributed by atoms with Crippen molar-refractivity contribution < 1.29 is 4.21 Å². The SMILES string of the molecule is CC(C)(C)S(=O)N[C@@H]1c2ccccc2CC12CCC(c1nc(N)c3cc(-c4cccc(Cl)c4Cl)cnc3n1)CC2. The predicted molar refractivity (Wildman–Crippen MR) is 165 cm³/mol. The molecule has 9 heteroatoms. The largest absolute Gasteiger partial charge is 0.383 e. The maximum atomic E-state index is 13.2. The molecule has 2 heterocycles. The van der Waals surface area contributed by atoms with Crippen molar-refractivity contribution in [1.82, 2.24) is 19.7 Å². The first-order valence-electron chi connectivity index (χ1n) is 13.7. The number of fused-ring (bicyclic) bond motifs is 2. The maximum Gasteiger partial charge on any atom is 0.165 e. The van der Waals surface area contributed by atoms with Crippen LogP contribution in [0, 0.1) is 5.41 Å². The second-order valence-electron chi connectivity index (χ2n) is 12.1. The lowest BCUT2D eigenvalue weighted by atomic mass is 9.66. The van der Waals surface area contributed by atoms with E-state index in [1.165, 1.54) is 11.1 Å². The standard InChI is InChI=1S/C31H33Cl2N5OS/c1-30(2,3)40(39)38-26-22-8-5-4-7-19(22)16-31(26)13-11-18(12-14-31)28-36-27(34)23-15-20(17-35-29(23)37-28)21-9-6-10-24(32)25(21)33/h4-10,15,17-18,26,38H,11-14,16H2,1-3H3,(H2,34,35,36,37)/t18?,26-,31?,40?/m1/s1. The van der Waals surface area contributed by atoms with Crippen LogP contribution in [0.3, 0.4) is 0 Å². The summed E-state index contributed by atoms with van der Waals surface area (Å²) in [4.78, 5) is 14.3. The zero-order valence-electron chi connectivity index (χ0n) is 22.9. The van der Waals surface area contributed by atoms with Crippen molar-refractivity contribution in [2.24, 2.45) is 5.41 Å². The number of nitrogen functional groups attached to an aromatic ring is 1. The van der Waals surface area contributed by atoms with Crippen molar-refractivity contribution >= 4 is 51.0 Å². The number of benzene rings is 2. The fourth-order valence-corrected chi connectivity index (χ4v) is 7.64. The molecule has 1 saturated carbocycles. The number of nitrogens with two attached hydrogens (primary N) is 1. The Hall–Kier alpha value is -2.58. The smallest absolute Gasteiger partial charge is 0.165 e. The Morgan fingerprint density at radius 2 is 1.80 bits per heavy atom. The third-order valence-corrected chi connectivity index (χ3v) is 10.9. The molecule has 0 bridgehead atoms. The molecule has 208 valence electrons. The molecule has 2 aromatic heterocycles. The summed E-state index contributed by atoms with van der Waals surface area (Å²) in [5, 5.41) is 1.66. The number of hydrogen-bond acceptors (Lipinski definition) is 5. The van der Waals surface area contributed by atoms with Gasteiger partial charge in [0.1, 0.15) is 11.6 Å². The van der Waals surface area contributed by atoms with Crippen LogP contribution < -0.4 is 10.5 Å². The average molecular weight is 595 g/mol. The van der Waals surface area contributed by atoms with E-state index in [9.17, 15) is 4.21 Å². The summed E-state index contributed by atoms with van der Waals surface area (Å²) in [6.07, 6.45) is 6.61. The third kappa shape index (κ3) is 4.91. The van der Waals surface area contributed by atoms with Gasteiger partial charge in [0.15, 0.2) is 5.65 Å². The molecule has 6 nitrogen and oxygen atoms in total. The molecule has 2 aromatic carbocycles. The Kier molecular flexibility index (Phi) is 7.14. The van der Waals surface area contributed by atoms with E-state index in [1.54, 1.807) is 12.3 Å². The minimum absolute atomic E-state index is 0.0207. The molecule has 2 aliphatic rings. The molecule has 1 fully saturated rings. The normalized spacial score (nSPS) is 23.4. The Morgan fingerprint density at radius 1 is 1.05 bits per heavy atom. The lowest BCUT2D eigenvalue weighted by Crippen LogP contribution is -2.43. The number of pyridine rings is 1. The van der Waals surface area contributed by atoms with Crippen LogP contribution in [0.4, 0.5) is 5.82 Å². The van der Waals surface area contributed by atoms with Crippen LogP contribution in [0.25, 0.3) is 22.2 Å². The van der Waals surface area contributed by atoms with Gasteiger partial charge in [-0.1, -0.05) is 59.6 Å². The summed E-state index contributed by atoms with van der Waals surface area (Å²) in [6.45, 7) is 6.05. The topological polar surface area (TPSA) is 93.8 Å². The molecular formula is C31H33Cl2N5OS. The monoisotopic (exact) mass is 593 g/mol. The molecule has 1 unspecified atom stereocenters. The number of nitrogens with zero attached hydrogens (tertiary/aromatic N) is 3. The van der Waals surface area contributed by atoms with E-state index in [4.69, 9.17) is 38.9 Å². The van der Waals surface area contributed by atoms with E-state index in [1.807, 2.05) is 39.0 Å². The van der Waals surface area contributed by atoms with Gasteiger partial charge in [0, 0.05) is 23.2 Å². The molecule has 2 atom stereocenters. The molecule has 4 aromatic rings. The highest BCUT2D eigenvalue weighted by Gasteiger charge is 2.49. The summed E-state index contributed by atoms with van der Waals surface area (Å²) in [5.74, 6) is 1.36. The quantitative estimate of drug-likeness (QED) is 0.254. The molecule has 0 aliphatic heterocycles. The Labute approximate surface area is 247 Å². The van der Waals surface area contributed by atoms with Gasteiger partial charge < -0.3 is 5.73 Å². The van der Waals surface area contributed by atoms with Crippen molar-refractivity contribution in [3.05, 3.63) is 81.7 Å². The Balaban J connectivity index is 1.26. The molecule has 1 spiro atoms. The summed E-state index contributed by atoms with van der Waals surface area (Å²) in [7, 11) is -1.16. The first-order valence-corrected chi connectivity index (χ1v) is 15.6. The Morgan fingerprint density at radius 3 is 2.55 bits per heavy atom. The van der Waals surface area contributed by atoms with Crippen molar-refractivity contribution in [3.63, 3.8) is 0 Å². The van der Waals surface area contributed by atoms with Crippen LogP contribution in [-0.4, -0.2) is 23.9 Å². The first-order chi connectivity index (χ1) is 19.1. The average Bonchev–Trinajstić information content (AvgIpc) is 3.22. The minimum atomic E-state index is -1.16. The van der Waals surface area contributed by atoms with E-state index in [0.717, 1.165) is 49.1 Å². The van der Waals surface area contributed by atoms with Gasteiger partial charge in [0.2, 0.25) is 0 Å². The summed E-state index contributed by atoms with van der Waals surface area (Å²) in [5.41, 5.74) is 11.3. The number of rotatable bonds is 4. The van der Waals surface area contributed by atoms with Gasteiger partial charge in [-0.2, -0.15) is 0 Å². The van der Waals surface area contributed by atoms with Crippen LogP contribution in [-0.2, 0) is 17.4 Å². The summed E-state index contributed by atoms with van der Waals surface area (Å²) >= 11 is 12.7. The lowest BCUT2D eigenvalue weighted by molar-refractivity contribution is 0.139. The van der Waals surface area contributed by atoms with Crippen molar-refractivity contribution in [1.29, 1.82) is 0 Å². The van der Waals surface area contributed by atoms with Gasteiger partial charge in [0.25, 0.3) is 0 Å². The Bertz CT molecular complexity index is 1630. The highest BCUT2D eigenvalue weighted by atomic mass is 35.5. The highest BCUT2D eigenvalue weighted by molar-refractivity contribution is 7.84. The van der Waals surface area contributed by atoms with E-state index < -0.39 is 11.0 Å². The van der Waals surface area contributed by atoms with E-state index >= 15 is 0 Å². The number of hydrogen-bond donors (Lipinski definition) is 2. The first kappa shape index (κ1) is 27.6. The third-order valence-electron chi connectivity index (χ3n) is 8.51. The van der Waals surface area contributed by atoms with E-state index in [0.29, 0.717) is 26.9 Å². The number of anilines is 1.